The van der Waals surface area contributed by atoms with Gasteiger partial charge in [-0.3, -0.25) is 5.14 Å². The molecule has 0 spiro atoms. The lowest BCUT2D eigenvalue weighted by Crippen LogP contribution is -2.43. The summed E-state index contributed by atoms with van der Waals surface area (Å²) in [5, 5.41) is 21.3. The second kappa shape index (κ2) is 8.84. The molecule has 0 radical (unpaired) electrons. The zero-order chi connectivity index (χ0) is 22.2. The van der Waals surface area contributed by atoms with Gasteiger partial charge in [0, 0.05) is 30.3 Å². The Hall–Kier alpha value is -2.42. The Kier molecular flexibility index (Phi) is 5.92. The molecule has 166 valence electrons. The molecule has 2 aromatic heterocycles. The van der Waals surface area contributed by atoms with Crippen molar-refractivity contribution in [1.29, 1.82) is 0 Å². The minimum atomic E-state index is -1.43. The van der Waals surface area contributed by atoms with E-state index in [0.717, 1.165) is 46.1 Å². The number of rotatable bonds is 5. The molecule has 7 N–H and O–H groups in total. The predicted octanol–water partition coefficient (Wildman–Crippen LogP) is 2.14. The van der Waals surface area contributed by atoms with Crippen molar-refractivity contribution in [2.75, 3.05) is 18.8 Å². The van der Waals surface area contributed by atoms with Crippen LogP contribution >= 0.6 is 23.3 Å². The number of nitrogens with two attached hydrogens (primary N) is 3. The fourth-order valence-corrected chi connectivity index (χ4v) is 6.95. The summed E-state index contributed by atoms with van der Waals surface area (Å²) in [5.74, 6) is 0.363. The first-order chi connectivity index (χ1) is 15.6. The van der Waals surface area contributed by atoms with Crippen LogP contribution in [0.4, 0.5) is 5.13 Å². The summed E-state index contributed by atoms with van der Waals surface area (Å²) in [4.78, 5) is 5.74. The number of hydrogen-bond donors (Lipinski definition) is 4. The lowest BCUT2D eigenvalue weighted by Gasteiger charge is -2.30. The largest absolute Gasteiger partial charge is 0.375 e. The smallest absolute Gasteiger partial charge is 0.206 e. The number of thiazole rings is 1. The molecule has 13 heteroatoms. The topological polar surface area (TPSA) is 166 Å². The van der Waals surface area contributed by atoms with E-state index >= 15 is 0 Å². The summed E-state index contributed by atoms with van der Waals surface area (Å²) in [6.07, 6.45) is 1.83. The molecule has 2 unspecified atom stereocenters. The fraction of sp³-hybridized carbons (Fsp3) is 0.263. The molecule has 5 rings (SSSR count). The average molecular weight is 488 g/mol. The van der Waals surface area contributed by atoms with Crippen molar-refractivity contribution >= 4 is 49.6 Å². The zero-order valence-electron chi connectivity index (χ0n) is 16.9. The van der Waals surface area contributed by atoms with E-state index in [9.17, 15) is 4.21 Å². The maximum atomic E-state index is 13.5. The van der Waals surface area contributed by atoms with E-state index in [1.165, 1.54) is 11.3 Å². The Labute approximate surface area is 194 Å². The van der Waals surface area contributed by atoms with E-state index in [4.69, 9.17) is 16.6 Å². The Balaban J connectivity index is 1.71. The molecule has 2 atom stereocenters. The molecule has 1 saturated heterocycles. The summed E-state index contributed by atoms with van der Waals surface area (Å²) in [7, 11) is -1.43. The number of tetrazole rings is 1. The molecule has 10 nitrogen and oxygen atoms in total. The van der Waals surface area contributed by atoms with E-state index < -0.39 is 11.0 Å². The highest BCUT2D eigenvalue weighted by Gasteiger charge is 2.28. The number of piperidine rings is 1. The highest BCUT2D eigenvalue weighted by Crippen LogP contribution is 2.43. The SMILES string of the molecule is NSc1c(S(=O)N2CCCC(N)C2)ccc(-c2cccc3sc(N)nc23)c1-c1nn[nH]n1. The number of aromatic nitrogens is 5. The van der Waals surface area contributed by atoms with E-state index in [1.807, 2.05) is 34.6 Å². The number of para-hydroxylation sites is 1. The van der Waals surface area contributed by atoms with E-state index in [-0.39, 0.29) is 6.04 Å². The van der Waals surface area contributed by atoms with Crippen molar-refractivity contribution in [3.63, 3.8) is 0 Å². The van der Waals surface area contributed by atoms with Crippen molar-refractivity contribution in [1.82, 2.24) is 29.9 Å². The van der Waals surface area contributed by atoms with Crippen LogP contribution in [0.15, 0.2) is 40.1 Å². The van der Waals surface area contributed by atoms with Gasteiger partial charge in [0.2, 0.25) is 5.82 Å². The monoisotopic (exact) mass is 487 g/mol. The molecule has 3 heterocycles. The molecule has 1 aliphatic heterocycles. The fourth-order valence-electron chi connectivity index (χ4n) is 3.98. The maximum Gasteiger partial charge on any atom is 0.206 e. The van der Waals surface area contributed by atoms with E-state index in [2.05, 4.69) is 25.6 Å². The predicted molar refractivity (Wildman–Crippen MR) is 128 cm³/mol. The summed E-state index contributed by atoms with van der Waals surface area (Å²) in [6.45, 7) is 1.28. The molecular formula is C19H21N9OS3. The third kappa shape index (κ3) is 3.80. The van der Waals surface area contributed by atoms with Gasteiger partial charge < -0.3 is 11.5 Å². The average Bonchev–Trinajstić information content (AvgIpc) is 3.46. The van der Waals surface area contributed by atoms with Gasteiger partial charge in [0.15, 0.2) is 5.13 Å². The van der Waals surface area contributed by atoms with Gasteiger partial charge in [0.05, 0.1) is 20.0 Å². The van der Waals surface area contributed by atoms with Crippen molar-refractivity contribution in [3.8, 4) is 22.5 Å². The quantitative estimate of drug-likeness (QED) is 0.308. The summed E-state index contributed by atoms with van der Waals surface area (Å²) in [6, 6.07) is 9.65. The second-order valence-electron chi connectivity index (χ2n) is 7.41. The number of benzene rings is 2. The van der Waals surface area contributed by atoms with Crippen LogP contribution in [-0.2, 0) is 11.0 Å². The van der Waals surface area contributed by atoms with Gasteiger partial charge in [0.25, 0.3) is 0 Å². The van der Waals surface area contributed by atoms with Gasteiger partial charge in [-0.2, -0.15) is 5.21 Å². The van der Waals surface area contributed by atoms with Crippen LogP contribution < -0.4 is 16.6 Å². The molecule has 4 aromatic rings. The number of nitrogens with one attached hydrogen (secondary N) is 1. The summed E-state index contributed by atoms with van der Waals surface area (Å²) in [5.41, 5.74) is 15.2. The first kappa shape index (κ1) is 21.4. The van der Waals surface area contributed by atoms with Crippen LogP contribution in [0, 0.1) is 0 Å². The third-order valence-corrected chi connectivity index (χ3v) is 8.53. The molecule has 0 aliphatic carbocycles. The number of nitrogens with zero attached hydrogens (tertiary/aromatic N) is 5. The molecule has 2 aromatic carbocycles. The number of hydrogen-bond acceptors (Lipinski definition) is 10. The van der Waals surface area contributed by atoms with Gasteiger partial charge in [-0.25, -0.2) is 13.5 Å². The van der Waals surface area contributed by atoms with Gasteiger partial charge >= 0.3 is 0 Å². The lowest BCUT2D eigenvalue weighted by molar-refractivity contribution is 0.330. The number of anilines is 1. The minimum Gasteiger partial charge on any atom is -0.375 e. The highest BCUT2D eigenvalue weighted by atomic mass is 32.2. The van der Waals surface area contributed by atoms with Crippen LogP contribution in [0.5, 0.6) is 0 Å². The number of fused-ring (bicyclic) bond motifs is 1. The Morgan fingerprint density at radius 2 is 2.12 bits per heavy atom. The molecule has 1 aliphatic rings. The molecule has 32 heavy (non-hydrogen) atoms. The minimum absolute atomic E-state index is 0.00496. The van der Waals surface area contributed by atoms with Gasteiger partial charge in [-0.05, 0) is 47.7 Å². The number of aromatic amines is 1. The van der Waals surface area contributed by atoms with Gasteiger partial charge in [-0.15, -0.1) is 10.2 Å². The maximum absolute atomic E-state index is 13.5. The van der Waals surface area contributed by atoms with Gasteiger partial charge in [0.1, 0.15) is 11.0 Å². The summed E-state index contributed by atoms with van der Waals surface area (Å²) < 4.78 is 16.4. The first-order valence-electron chi connectivity index (χ1n) is 9.92. The summed E-state index contributed by atoms with van der Waals surface area (Å²) >= 11 is 2.44. The van der Waals surface area contributed by atoms with Crippen LogP contribution in [0.25, 0.3) is 32.7 Å². The van der Waals surface area contributed by atoms with Crippen LogP contribution in [0.3, 0.4) is 0 Å². The van der Waals surface area contributed by atoms with Gasteiger partial charge in [-0.1, -0.05) is 29.5 Å². The number of nitrogen functional groups attached to an aromatic ring is 1. The Morgan fingerprint density at radius 3 is 2.88 bits per heavy atom. The lowest BCUT2D eigenvalue weighted by atomic mass is 9.98. The van der Waals surface area contributed by atoms with Crippen LogP contribution in [0.2, 0.25) is 0 Å². The standard InChI is InChI=1S/C19H21N9OS3/c20-10-3-2-8-28(9-10)32(29)14-7-6-11(15(17(14)31-22)18-24-26-27-25-18)12-4-1-5-13-16(12)23-19(21)30-13/h1,4-7,10H,2-3,8-9,20,22H2,(H2,21,23)(H,24,25,26,27). The van der Waals surface area contributed by atoms with Crippen molar-refractivity contribution < 1.29 is 4.21 Å². The van der Waals surface area contributed by atoms with Crippen LogP contribution in [-0.4, -0.2) is 53.3 Å². The third-order valence-electron chi connectivity index (χ3n) is 5.38. The first-order valence-corrected chi connectivity index (χ1v) is 12.7. The molecule has 1 fully saturated rings. The van der Waals surface area contributed by atoms with Crippen LogP contribution in [0.1, 0.15) is 12.8 Å². The Bertz CT molecular complexity index is 1290. The molecule has 0 amide bonds. The second-order valence-corrected chi connectivity index (χ2v) is 10.6. The molecular weight excluding hydrogens is 466 g/mol. The van der Waals surface area contributed by atoms with Crippen molar-refractivity contribution in [2.24, 2.45) is 10.9 Å². The normalized spacial score (nSPS) is 18.2. The molecule has 0 saturated carbocycles. The van der Waals surface area contributed by atoms with E-state index in [0.29, 0.717) is 39.4 Å². The van der Waals surface area contributed by atoms with Crippen molar-refractivity contribution in [2.45, 2.75) is 28.7 Å². The molecule has 0 bridgehead atoms. The highest BCUT2D eigenvalue weighted by molar-refractivity contribution is 7.97. The zero-order valence-corrected chi connectivity index (χ0v) is 19.3. The number of H-pyrrole nitrogens is 1. The Morgan fingerprint density at radius 1 is 1.25 bits per heavy atom. The van der Waals surface area contributed by atoms with Crippen molar-refractivity contribution in [3.05, 3.63) is 30.3 Å². The van der Waals surface area contributed by atoms with E-state index in [1.54, 1.807) is 0 Å².